The van der Waals surface area contributed by atoms with Gasteiger partial charge >= 0.3 is 0 Å². The fraction of sp³-hybridized carbons (Fsp3) is 1.00. The van der Waals surface area contributed by atoms with E-state index in [1.807, 2.05) is 11.8 Å². The highest BCUT2D eigenvalue weighted by Crippen LogP contribution is 2.21. The van der Waals surface area contributed by atoms with Crippen LogP contribution in [0, 0.1) is 5.92 Å². The van der Waals surface area contributed by atoms with Crippen LogP contribution in [0.25, 0.3) is 0 Å². The van der Waals surface area contributed by atoms with Gasteiger partial charge in [-0.3, -0.25) is 4.90 Å². The molecule has 1 saturated heterocycles. The van der Waals surface area contributed by atoms with Crippen molar-refractivity contribution in [2.75, 3.05) is 37.5 Å². The van der Waals surface area contributed by atoms with Gasteiger partial charge in [0.25, 0.3) is 0 Å². The van der Waals surface area contributed by atoms with Gasteiger partial charge in [-0.25, -0.2) is 8.42 Å². The molecule has 2 unspecified atom stereocenters. The standard InChI is InChI=1S/C9H19NO3S2/c1-8(6-11)5-10-3-4-14-7-9(10)15(2,12)13/h8-9,11H,3-7H2,1-2H3. The van der Waals surface area contributed by atoms with Crippen molar-refractivity contribution in [2.45, 2.75) is 12.3 Å². The second kappa shape index (κ2) is 5.52. The highest BCUT2D eigenvalue weighted by atomic mass is 32.2. The summed E-state index contributed by atoms with van der Waals surface area (Å²) in [5, 5.41) is 8.60. The van der Waals surface area contributed by atoms with Crippen LogP contribution in [0.5, 0.6) is 0 Å². The zero-order chi connectivity index (χ0) is 11.5. The van der Waals surface area contributed by atoms with E-state index in [0.717, 1.165) is 12.3 Å². The average Bonchev–Trinajstić information content (AvgIpc) is 2.17. The minimum Gasteiger partial charge on any atom is -0.396 e. The van der Waals surface area contributed by atoms with Gasteiger partial charge in [-0.2, -0.15) is 11.8 Å². The third-order valence-electron chi connectivity index (χ3n) is 2.54. The van der Waals surface area contributed by atoms with E-state index in [1.54, 1.807) is 11.8 Å². The molecule has 0 amide bonds. The van der Waals surface area contributed by atoms with Gasteiger partial charge in [-0.15, -0.1) is 0 Å². The SMILES string of the molecule is CC(CO)CN1CCSCC1S(C)(=O)=O. The van der Waals surface area contributed by atoms with E-state index in [4.69, 9.17) is 5.11 Å². The molecule has 15 heavy (non-hydrogen) atoms. The Morgan fingerprint density at radius 3 is 2.80 bits per heavy atom. The van der Waals surface area contributed by atoms with Gasteiger partial charge in [-0.05, 0) is 5.92 Å². The summed E-state index contributed by atoms with van der Waals surface area (Å²) in [7, 11) is -3.01. The Kier molecular flexibility index (Phi) is 4.89. The number of nitrogens with zero attached hydrogens (tertiary/aromatic N) is 1. The molecule has 4 nitrogen and oxygen atoms in total. The normalized spacial score (nSPS) is 26.5. The summed E-state index contributed by atoms with van der Waals surface area (Å²) < 4.78 is 23.1. The predicted molar refractivity (Wildman–Crippen MR) is 63.8 cm³/mol. The molecule has 0 radical (unpaired) electrons. The number of rotatable bonds is 4. The van der Waals surface area contributed by atoms with Crippen LogP contribution in [-0.2, 0) is 9.84 Å². The lowest BCUT2D eigenvalue weighted by molar-refractivity contribution is 0.171. The number of aliphatic hydroxyl groups is 1. The Morgan fingerprint density at radius 2 is 2.27 bits per heavy atom. The third kappa shape index (κ3) is 3.94. The molecule has 1 fully saturated rings. The van der Waals surface area contributed by atoms with Crippen molar-refractivity contribution in [1.82, 2.24) is 4.90 Å². The van der Waals surface area contributed by atoms with E-state index in [2.05, 4.69) is 0 Å². The molecule has 1 N–H and O–H groups in total. The van der Waals surface area contributed by atoms with E-state index in [-0.39, 0.29) is 17.9 Å². The van der Waals surface area contributed by atoms with Crippen molar-refractivity contribution in [3.8, 4) is 0 Å². The Labute approximate surface area is 96.0 Å². The van der Waals surface area contributed by atoms with Crippen molar-refractivity contribution in [3.05, 3.63) is 0 Å². The largest absolute Gasteiger partial charge is 0.396 e. The van der Waals surface area contributed by atoms with Crippen molar-refractivity contribution in [3.63, 3.8) is 0 Å². The van der Waals surface area contributed by atoms with Crippen LogP contribution >= 0.6 is 11.8 Å². The van der Waals surface area contributed by atoms with E-state index >= 15 is 0 Å². The number of aliphatic hydroxyl groups excluding tert-OH is 1. The Morgan fingerprint density at radius 1 is 1.60 bits per heavy atom. The lowest BCUT2D eigenvalue weighted by Crippen LogP contribution is -2.48. The molecule has 0 saturated carbocycles. The average molecular weight is 253 g/mol. The summed E-state index contributed by atoms with van der Waals surface area (Å²) in [6.07, 6.45) is 1.29. The molecule has 0 aromatic heterocycles. The molecule has 0 aliphatic carbocycles. The summed E-state index contributed by atoms with van der Waals surface area (Å²) >= 11 is 1.68. The Balaban J connectivity index is 2.66. The third-order valence-corrected chi connectivity index (χ3v) is 5.23. The lowest BCUT2D eigenvalue weighted by Gasteiger charge is -2.35. The van der Waals surface area contributed by atoms with Crippen LogP contribution in [0.15, 0.2) is 0 Å². The first-order valence-electron chi connectivity index (χ1n) is 5.06. The van der Waals surface area contributed by atoms with Crippen LogP contribution in [0.2, 0.25) is 0 Å². The van der Waals surface area contributed by atoms with Gasteiger partial charge in [0.1, 0.15) is 5.37 Å². The molecule has 1 heterocycles. The van der Waals surface area contributed by atoms with Crippen LogP contribution < -0.4 is 0 Å². The van der Waals surface area contributed by atoms with Gasteiger partial charge in [0.05, 0.1) is 0 Å². The van der Waals surface area contributed by atoms with Gasteiger partial charge < -0.3 is 5.11 Å². The molecule has 0 aromatic carbocycles. The molecule has 0 spiro atoms. The minimum atomic E-state index is -3.01. The van der Waals surface area contributed by atoms with Crippen LogP contribution in [-0.4, -0.2) is 61.3 Å². The summed E-state index contributed by atoms with van der Waals surface area (Å²) in [5.74, 6) is 1.76. The van der Waals surface area contributed by atoms with E-state index in [0.29, 0.717) is 12.3 Å². The van der Waals surface area contributed by atoms with Gasteiger partial charge in [0.15, 0.2) is 9.84 Å². The summed E-state index contributed by atoms with van der Waals surface area (Å²) in [4.78, 5) is 1.98. The van der Waals surface area contributed by atoms with Crippen molar-refractivity contribution in [1.29, 1.82) is 0 Å². The first-order chi connectivity index (χ1) is 6.95. The van der Waals surface area contributed by atoms with Crippen LogP contribution in [0.4, 0.5) is 0 Å². The molecule has 1 rings (SSSR count). The Bertz CT molecular complexity index is 292. The molecule has 0 bridgehead atoms. The number of hydrogen-bond donors (Lipinski definition) is 1. The second-order valence-corrected chi connectivity index (χ2v) is 7.49. The van der Waals surface area contributed by atoms with Gasteiger partial charge in [0.2, 0.25) is 0 Å². The first-order valence-corrected chi connectivity index (χ1v) is 8.17. The monoisotopic (exact) mass is 253 g/mol. The van der Waals surface area contributed by atoms with Gasteiger partial charge in [0, 0.05) is 37.5 Å². The quantitative estimate of drug-likeness (QED) is 0.766. The molecule has 2 atom stereocenters. The maximum atomic E-state index is 11.5. The highest BCUT2D eigenvalue weighted by Gasteiger charge is 2.31. The summed E-state index contributed by atoms with van der Waals surface area (Å²) in [6.45, 7) is 3.50. The first kappa shape index (κ1) is 13.3. The van der Waals surface area contributed by atoms with Crippen molar-refractivity contribution in [2.24, 2.45) is 5.92 Å². The molecule has 1 aliphatic rings. The van der Waals surface area contributed by atoms with Crippen molar-refractivity contribution >= 4 is 21.6 Å². The predicted octanol–water partition coefficient (Wildman–Crippen LogP) is 0.0343. The second-order valence-electron chi connectivity index (χ2n) is 4.14. The van der Waals surface area contributed by atoms with E-state index in [1.165, 1.54) is 6.26 Å². The molecular weight excluding hydrogens is 234 g/mol. The molecule has 90 valence electrons. The minimum absolute atomic E-state index is 0.111. The Hall–Kier alpha value is 0.220. The molecule has 0 aromatic rings. The highest BCUT2D eigenvalue weighted by molar-refractivity contribution is 8.00. The number of sulfone groups is 1. The van der Waals surface area contributed by atoms with E-state index in [9.17, 15) is 8.42 Å². The van der Waals surface area contributed by atoms with Crippen LogP contribution in [0.1, 0.15) is 6.92 Å². The maximum Gasteiger partial charge on any atom is 0.164 e. The summed E-state index contributed by atoms with van der Waals surface area (Å²) in [6, 6.07) is 0. The zero-order valence-electron chi connectivity index (χ0n) is 9.22. The molecule has 1 aliphatic heterocycles. The fourth-order valence-corrected chi connectivity index (χ4v) is 4.63. The fourth-order valence-electron chi connectivity index (χ4n) is 1.68. The number of hydrogen-bond acceptors (Lipinski definition) is 5. The van der Waals surface area contributed by atoms with Gasteiger partial charge in [-0.1, -0.05) is 6.92 Å². The summed E-state index contributed by atoms with van der Waals surface area (Å²) in [5.41, 5.74) is 0. The maximum absolute atomic E-state index is 11.5. The number of thioether (sulfide) groups is 1. The smallest absolute Gasteiger partial charge is 0.164 e. The van der Waals surface area contributed by atoms with Crippen LogP contribution in [0.3, 0.4) is 0 Å². The molecule has 6 heteroatoms. The molecular formula is C9H19NO3S2. The zero-order valence-corrected chi connectivity index (χ0v) is 10.9. The topological polar surface area (TPSA) is 57.6 Å². The van der Waals surface area contributed by atoms with E-state index < -0.39 is 9.84 Å². The van der Waals surface area contributed by atoms with Crippen molar-refractivity contribution < 1.29 is 13.5 Å². The lowest BCUT2D eigenvalue weighted by atomic mass is 10.2.